The summed E-state index contributed by atoms with van der Waals surface area (Å²) in [7, 11) is -3.47. The average molecular weight is 469 g/mol. The first kappa shape index (κ1) is 25.6. The fraction of sp³-hybridized carbons (Fsp3) is 0.591. The number of rotatable bonds is 12. The zero-order valence-corrected chi connectivity index (χ0v) is 19.3. The number of carboxylic acid groups (broad SMARTS) is 1. The molecule has 0 aliphatic heterocycles. The Morgan fingerprint density at radius 3 is 2.50 bits per heavy atom. The van der Waals surface area contributed by atoms with Crippen molar-refractivity contribution in [3.63, 3.8) is 0 Å². The van der Waals surface area contributed by atoms with Crippen LogP contribution in [0.25, 0.3) is 0 Å². The molecule has 0 spiro atoms. The molecule has 0 radical (unpaired) electrons. The fourth-order valence-electron chi connectivity index (χ4n) is 3.79. The van der Waals surface area contributed by atoms with Crippen LogP contribution in [0.15, 0.2) is 24.3 Å². The van der Waals surface area contributed by atoms with Crippen molar-refractivity contribution < 1.29 is 32.6 Å². The lowest BCUT2D eigenvalue weighted by Crippen LogP contribution is -2.46. The summed E-state index contributed by atoms with van der Waals surface area (Å²) in [6, 6.07) is 5.52. The summed E-state index contributed by atoms with van der Waals surface area (Å²) in [6.07, 6.45) is 5.58. The quantitative estimate of drug-likeness (QED) is 0.400. The number of carboxylic acids is 1. The first-order chi connectivity index (χ1) is 15.1. The molecular weight excluding hydrogens is 436 g/mol. The van der Waals surface area contributed by atoms with Gasteiger partial charge in [0.2, 0.25) is 15.9 Å². The molecule has 2 atom stereocenters. The van der Waals surface area contributed by atoms with E-state index in [1.807, 2.05) is 6.92 Å². The highest BCUT2D eigenvalue weighted by Gasteiger charge is 2.29. The molecule has 1 aliphatic rings. The summed E-state index contributed by atoms with van der Waals surface area (Å²) in [5.74, 6) is -2.93. The van der Waals surface area contributed by atoms with Crippen LogP contribution < -0.4 is 10.0 Å². The minimum Gasteiger partial charge on any atom is -0.481 e. The Balaban J connectivity index is 2.14. The second-order valence-electron chi connectivity index (χ2n) is 8.28. The van der Waals surface area contributed by atoms with E-state index in [1.165, 1.54) is 0 Å². The maximum absolute atomic E-state index is 12.8. The van der Waals surface area contributed by atoms with Gasteiger partial charge in [0.05, 0.1) is 12.2 Å². The first-order valence-electron chi connectivity index (χ1n) is 10.9. The number of hydrogen-bond acceptors (Lipinski definition) is 6. The normalized spacial score (nSPS) is 16.2. The summed E-state index contributed by atoms with van der Waals surface area (Å²) < 4.78 is 30.7. The molecule has 1 aliphatic carbocycles. The van der Waals surface area contributed by atoms with Crippen LogP contribution in [0.4, 0.5) is 5.69 Å². The van der Waals surface area contributed by atoms with Crippen LogP contribution in [0.2, 0.25) is 0 Å². The highest BCUT2D eigenvalue weighted by atomic mass is 32.2. The zero-order valence-electron chi connectivity index (χ0n) is 18.5. The zero-order chi connectivity index (χ0) is 23.7. The second-order valence-corrected chi connectivity index (χ2v) is 10.0. The van der Waals surface area contributed by atoms with Gasteiger partial charge < -0.3 is 15.2 Å². The third-order valence-corrected chi connectivity index (χ3v) is 6.02. The molecule has 1 aromatic rings. The van der Waals surface area contributed by atoms with E-state index in [0.29, 0.717) is 24.1 Å². The van der Waals surface area contributed by atoms with Gasteiger partial charge >= 0.3 is 11.9 Å². The lowest BCUT2D eigenvalue weighted by atomic mass is 10.0. The summed E-state index contributed by atoms with van der Waals surface area (Å²) in [4.78, 5) is 36.8. The number of esters is 1. The minimum absolute atomic E-state index is 0.0854. The maximum atomic E-state index is 12.8. The Bertz CT molecular complexity index is 911. The van der Waals surface area contributed by atoms with Crippen molar-refractivity contribution in [2.45, 2.75) is 57.9 Å². The van der Waals surface area contributed by atoms with Gasteiger partial charge in [0.25, 0.3) is 0 Å². The molecule has 10 heteroatoms. The predicted octanol–water partition coefficient (Wildman–Crippen LogP) is 2.32. The van der Waals surface area contributed by atoms with Gasteiger partial charge in [-0.2, -0.15) is 0 Å². The molecule has 0 saturated heterocycles. The predicted molar refractivity (Wildman–Crippen MR) is 119 cm³/mol. The van der Waals surface area contributed by atoms with Crippen LogP contribution in [0.5, 0.6) is 0 Å². The third-order valence-electron chi connectivity index (χ3n) is 5.41. The van der Waals surface area contributed by atoms with E-state index < -0.39 is 33.9 Å². The standard InChI is InChI=1S/C22H32N2O7S/c1-3-7-17(21(26)27)14-31-22(28)19(23-20(25)16-9-4-5-10-16)13-15-8-6-11-18(12-15)24-32(2,29)30/h6,8,11-12,16-17,19,24H,3-5,7,9-10,13-14H2,1-2H3,(H,23,25)(H,26,27)/t17-,19+/m0/s1. The maximum Gasteiger partial charge on any atom is 0.329 e. The Morgan fingerprint density at radius 1 is 1.22 bits per heavy atom. The smallest absolute Gasteiger partial charge is 0.329 e. The van der Waals surface area contributed by atoms with Gasteiger partial charge in [-0.05, 0) is 37.0 Å². The molecule has 9 nitrogen and oxygen atoms in total. The molecule has 1 aromatic carbocycles. The summed E-state index contributed by atoms with van der Waals surface area (Å²) >= 11 is 0. The number of anilines is 1. The number of carbonyl (C=O) groups is 3. The van der Waals surface area contributed by atoms with Gasteiger partial charge in [0.1, 0.15) is 12.6 Å². The number of carbonyl (C=O) groups excluding carboxylic acids is 2. The molecule has 0 heterocycles. The molecule has 178 valence electrons. The first-order valence-corrected chi connectivity index (χ1v) is 12.7. The number of hydrogen-bond donors (Lipinski definition) is 3. The fourth-order valence-corrected chi connectivity index (χ4v) is 4.35. The molecule has 1 saturated carbocycles. The largest absolute Gasteiger partial charge is 0.481 e. The van der Waals surface area contributed by atoms with Crippen LogP contribution in [0.1, 0.15) is 51.0 Å². The molecule has 0 bridgehead atoms. The van der Waals surface area contributed by atoms with Crippen molar-refractivity contribution in [3.8, 4) is 0 Å². The highest BCUT2D eigenvalue weighted by Crippen LogP contribution is 2.25. The highest BCUT2D eigenvalue weighted by molar-refractivity contribution is 7.92. The SMILES string of the molecule is CCC[C@@H](COC(=O)[C@@H](Cc1cccc(NS(C)(=O)=O)c1)NC(=O)C1CCCC1)C(=O)O. The summed E-state index contributed by atoms with van der Waals surface area (Å²) in [5.41, 5.74) is 0.962. The molecule has 1 fully saturated rings. The molecule has 32 heavy (non-hydrogen) atoms. The van der Waals surface area contributed by atoms with Crippen LogP contribution >= 0.6 is 0 Å². The number of amides is 1. The van der Waals surface area contributed by atoms with Crippen molar-refractivity contribution in [3.05, 3.63) is 29.8 Å². The van der Waals surface area contributed by atoms with Crippen LogP contribution in [0.3, 0.4) is 0 Å². The number of aliphatic carboxylic acids is 1. The van der Waals surface area contributed by atoms with Gasteiger partial charge in [-0.15, -0.1) is 0 Å². The monoisotopic (exact) mass is 468 g/mol. The summed E-state index contributed by atoms with van der Waals surface area (Å²) in [6.45, 7) is 1.58. The number of benzene rings is 1. The van der Waals surface area contributed by atoms with E-state index in [9.17, 15) is 27.9 Å². The molecule has 0 aromatic heterocycles. The molecular formula is C22H32N2O7S. The third kappa shape index (κ3) is 8.49. The lowest BCUT2D eigenvalue weighted by molar-refractivity contribution is -0.154. The van der Waals surface area contributed by atoms with Crippen LogP contribution in [-0.4, -0.2) is 50.3 Å². The van der Waals surface area contributed by atoms with E-state index in [1.54, 1.807) is 24.3 Å². The minimum atomic E-state index is -3.47. The number of ether oxygens (including phenoxy) is 1. The Labute approximate surface area is 189 Å². The average Bonchev–Trinajstić information content (AvgIpc) is 3.24. The van der Waals surface area contributed by atoms with Crippen LogP contribution in [0, 0.1) is 11.8 Å². The van der Waals surface area contributed by atoms with E-state index in [2.05, 4.69) is 10.0 Å². The Morgan fingerprint density at radius 2 is 1.91 bits per heavy atom. The number of nitrogens with one attached hydrogen (secondary N) is 2. The van der Waals surface area contributed by atoms with Crippen molar-refractivity contribution in [2.24, 2.45) is 11.8 Å². The molecule has 3 N–H and O–H groups in total. The van der Waals surface area contributed by atoms with Gasteiger partial charge in [0, 0.05) is 18.0 Å². The van der Waals surface area contributed by atoms with Gasteiger partial charge in [-0.1, -0.05) is 38.3 Å². The number of sulfonamides is 1. The topological polar surface area (TPSA) is 139 Å². The van der Waals surface area contributed by atoms with E-state index in [4.69, 9.17) is 4.74 Å². The second kappa shape index (κ2) is 11.8. The van der Waals surface area contributed by atoms with Gasteiger partial charge in [0.15, 0.2) is 0 Å². The Hall–Kier alpha value is -2.62. The van der Waals surface area contributed by atoms with Gasteiger partial charge in [-0.25, -0.2) is 13.2 Å². The van der Waals surface area contributed by atoms with E-state index >= 15 is 0 Å². The lowest BCUT2D eigenvalue weighted by Gasteiger charge is -2.21. The molecule has 2 rings (SSSR count). The van der Waals surface area contributed by atoms with Crippen molar-refractivity contribution in [1.82, 2.24) is 5.32 Å². The van der Waals surface area contributed by atoms with E-state index in [0.717, 1.165) is 31.9 Å². The molecule has 1 amide bonds. The molecule has 0 unspecified atom stereocenters. The Kier molecular flexibility index (Phi) is 9.49. The summed E-state index contributed by atoms with van der Waals surface area (Å²) in [5, 5.41) is 12.0. The van der Waals surface area contributed by atoms with Crippen molar-refractivity contribution >= 4 is 33.6 Å². The van der Waals surface area contributed by atoms with Gasteiger partial charge in [-0.3, -0.25) is 14.3 Å². The van der Waals surface area contributed by atoms with E-state index in [-0.39, 0.29) is 24.9 Å². The van der Waals surface area contributed by atoms with Crippen molar-refractivity contribution in [1.29, 1.82) is 0 Å². The van der Waals surface area contributed by atoms with Crippen LogP contribution in [-0.2, 0) is 35.6 Å². The van der Waals surface area contributed by atoms with Crippen molar-refractivity contribution in [2.75, 3.05) is 17.6 Å².